The first-order valence-electron chi connectivity index (χ1n) is 11.4. The van der Waals surface area contributed by atoms with Gasteiger partial charge >= 0.3 is 0 Å². The lowest BCUT2D eigenvalue weighted by molar-refractivity contribution is -0.119. The van der Waals surface area contributed by atoms with Crippen molar-refractivity contribution in [2.24, 2.45) is 28.1 Å². The summed E-state index contributed by atoms with van der Waals surface area (Å²) in [6.45, 7) is 22.8. The molecule has 162 valence electrons. The summed E-state index contributed by atoms with van der Waals surface area (Å²) in [4.78, 5) is 13.0. The lowest BCUT2D eigenvalue weighted by Gasteiger charge is -2.36. The molecule has 2 atom stereocenters. The average molecular weight is 397 g/mol. The summed E-state index contributed by atoms with van der Waals surface area (Å²) in [5.74, 6) is 1.21. The van der Waals surface area contributed by atoms with Crippen LogP contribution in [0.15, 0.2) is 46.6 Å². The van der Waals surface area contributed by atoms with Gasteiger partial charge in [-0.05, 0) is 53.4 Å². The molecule has 0 aliphatic heterocycles. The predicted molar refractivity (Wildman–Crippen MR) is 127 cm³/mol. The Morgan fingerprint density at radius 1 is 0.862 bits per heavy atom. The number of hydrogen-bond donors (Lipinski definition) is 0. The molecule has 0 saturated carbocycles. The molecule has 2 aliphatic carbocycles. The van der Waals surface area contributed by atoms with Crippen LogP contribution in [0.25, 0.3) is 0 Å². The Kier molecular flexibility index (Phi) is 6.93. The van der Waals surface area contributed by atoms with Crippen molar-refractivity contribution in [2.45, 2.75) is 94.9 Å². The van der Waals surface area contributed by atoms with Crippen LogP contribution in [-0.2, 0) is 4.79 Å². The maximum Gasteiger partial charge on any atom is 0.137 e. The first-order chi connectivity index (χ1) is 13.1. The van der Waals surface area contributed by atoms with E-state index in [-0.39, 0.29) is 16.2 Å². The molecule has 0 saturated heterocycles. The monoisotopic (exact) mass is 396 g/mol. The number of Topliss-reactive ketones (excluding diaryl/α,β-unsaturated/α-hetero) is 1. The van der Waals surface area contributed by atoms with Gasteiger partial charge in [0.15, 0.2) is 0 Å². The Hall–Kier alpha value is -1.37. The molecule has 0 spiro atoms. The summed E-state index contributed by atoms with van der Waals surface area (Å²) in [6, 6.07) is 0. The third-order valence-corrected chi connectivity index (χ3v) is 6.53. The third-order valence-electron chi connectivity index (χ3n) is 6.53. The van der Waals surface area contributed by atoms with Gasteiger partial charge in [0.1, 0.15) is 5.78 Å². The molecule has 0 bridgehead atoms. The summed E-state index contributed by atoms with van der Waals surface area (Å²) in [7, 11) is 0. The molecule has 0 aromatic carbocycles. The van der Waals surface area contributed by atoms with Crippen molar-refractivity contribution in [3.05, 3.63) is 46.6 Å². The molecule has 1 heteroatoms. The predicted octanol–water partition coefficient (Wildman–Crippen LogP) is 8.24. The van der Waals surface area contributed by atoms with Gasteiger partial charge in [0, 0.05) is 12.8 Å². The first-order valence-corrected chi connectivity index (χ1v) is 11.4. The molecule has 0 fully saturated rings. The van der Waals surface area contributed by atoms with Crippen molar-refractivity contribution in [2.75, 3.05) is 0 Å². The molecular formula is C28H44O. The fourth-order valence-corrected chi connectivity index (χ4v) is 4.42. The van der Waals surface area contributed by atoms with E-state index in [9.17, 15) is 4.79 Å². The highest BCUT2D eigenvalue weighted by atomic mass is 16.1. The van der Waals surface area contributed by atoms with Crippen molar-refractivity contribution in [1.82, 2.24) is 0 Å². The van der Waals surface area contributed by atoms with Crippen LogP contribution in [0.4, 0.5) is 0 Å². The Labute approximate surface area is 180 Å². The highest BCUT2D eigenvalue weighted by molar-refractivity contribution is 5.82. The maximum atomic E-state index is 13.0. The molecule has 0 radical (unpaired) electrons. The number of carbonyl (C=O) groups excluding carboxylic acids is 1. The van der Waals surface area contributed by atoms with E-state index < -0.39 is 0 Å². The SMILES string of the molecule is CC1=CC(CC(=O)CC2=CC(C(C)(C)C)CC(C(C)(C)C)=C2)CC(C(C)(C)C)=C1. The van der Waals surface area contributed by atoms with Crippen LogP contribution in [-0.4, -0.2) is 5.78 Å². The fourth-order valence-electron chi connectivity index (χ4n) is 4.42. The summed E-state index contributed by atoms with van der Waals surface area (Å²) in [5, 5.41) is 0. The molecule has 1 nitrogen and oxygen atoms in total. The van der Waals surface area contributed by atoms with Crippen LogP contribution in [0.3, 0.4) is 0 Å². The highest BCUT2D eigenvalue weighted by Gasteiger charge is 2.31. The molecule has 0 aromatic heterocycles. The first kappa shape index (κ1) is 23.9. The number of rotatable bonds is 4. The van der Waals surface area contributed by atoms with Crippen LogP contribution >= 0.6 is 0 Å². The summed E-state index contributed by atoms with van der Waals surface area (Å²) >= 11 is 0. The molecule has 0 heterocycles. The van der Waals surface area contributed by atoms with Gasteiger partial charge in [-0.1, -0.05) is 103 Å². The maximum absolute atomic E-state index is 13.0. The minimum Gasteiger partial charge on any atom is -0.299 e. The molecule has 29 heavy (non-hydrogen) atoms. The van der Waals surface area contributed by atoms with Crippen LogP contribution in [0, 0.1) is 28.1 Å². The largest absolute Gasteiger partial charge is 0.299 e. The zero-order chi connectivity index (χ0) is 22.2. The van der Waals surface area contributed by atoms with Gasteiger partial charge in [0.05, 0.1) is 0 Å². The molecule has 0 aromatic rings. The van der Waals surface area contributed by atoms with Gasteiger partial charge < -0.3 is 0 Å². The van der Waals surface area contributed by atoms with Gasteiger partial charge in [0.25, 0.3) is 0 Å². The van der Waals surface area contributed by atoms with E-state index in [1.165, 1.54) is 22.3 Å². The molecule has 2 aliphatic rings. The Morgan fingerprint density at radius 3 is 1.93 bits per heavy atom. The van der Waals surface area contributed by atoms with E-state index in [1.807, 2.05) is 0 Å². The summed E-state index contributed by atoms with van der Waals surface area (Å²) in [5.41, 5.74) is 6.03. The van der Waals surface area contributed by atoms with Crippen molar-refractivity contribution in [3.63, 3.8) is 0 Å². The molecular weight excluding hydrogens is 352 g/mol. The van der Waals surface area contributed by atoms with Gasteiger partial charge in [-0.25, -0.2) is 0 Å². The van der Waals surface area contributed by atoms with Crippen molar-refractivity contribution in [3.8, 4) is 0 Å². The minimum absolute atomic E-state index is 0.154. The van der Waals surface area contributed by atoms with Gasteiger partial charge in [-0.15, -0.1) is 0 Å². The second-order valence-corrected chi connectivity index (χ2v) is 12.6. The number of allylic oxidation sites excluding steroid dienone is 8. The molecule has 0 N–H and O–H groups in total. The van der Waals surface area contributed by atoms with Crippen LogP contribution in [0.5, 0.6) is 0 Å². The molecule has 2 rings (SSSR count). The Morgan fingerprint density at radius 2 is 1.41 bits per heavy atom. The quantitative estimate of drug-likeness (QED) is 0.467. The van der Waals surface area contributed by atoms with Gasteiger partial charge in [-0.3, -0.25) is 4.79 Å². The van der Waals surface area contributed by atoms with Crippen molar-refractivity contribution in [1.29, 1.82) is 0 Å². The zero-order valence-corrected chi connectivity index (χ0v) is 20.7. The Balaban J connectivity index is 2.13. The van der Waals surface area contributed by atoms with Crippen molar-refractivity contribution < 1.29 is 4.79 Å². The van der Waals surface area contributed by atoms with Gasteiger partial charge in [-0.2, -0.15) is 0 Å². The van der Waals surface area contributed by atoms with Gasteiger partial charge in [0.2, 0.25) is 0 Å². The summed E-state index contributed by atoms with van der Waals surface area (Å²) in [6.07, 6.45) is 12.7. The van der Waals surface area contributed by atoms with Crippen LogP contribution in [0.1, 0.15) is 94.9 Å². The number of ketones is 1. The van der Waals surface area contributed by atoms with Crippen molar-refractivity contribution >= 4 is 5.78 Å². The van der Waals surface area contributed by atoms with E-state index in [1.54, 1.807) is 0 Å². The zero-order valence-electron chi connectivity index (χ0n) is 20.7. The summed E-state index contributed by atoms with van der Waals surface area (Å²) < 4.78 is 0. The van der Waals surface area contributed by atoms with Crippen LogP contribution in [0.2, 0.25) is 0 Å². The highest BCUT2D eigenvalue weighted by Crippen LogP contribution is 2.43. The lowest BCUT2D eigenvalue weighted by Crippen LogP contribution is -2.25. The smallest absolute Gasteiger partial charge is 0.137 e. The van der Waals surface area contributed by atoms with E-state index in [4.69, 9.17) is 0 Å². The van der Waals surface area contributed by atoms with Crippen LogP contribution < -0.4 is 0 Å². The Bertz CT molecular complexity index is 748. The molecule has 0 amide bonds. The van der Waals surface area contributed by atoms with E-state index in [0.29, 0.717) is 30.5 Å². The van der Waals surface area contributed by atoms with E-state index >= 15 is 0 Å². The second kappa shape index (κ2) is 8.40. The number of carbonyl (C=O) groups is 1. The lowest BCUT2D eigenvalue weighted by atomic mass is 9.69. The van der Waals surface area contributed by atoms with E-state index in [0.717, 1.165) is 12.8 Å². The topological polar surface area (TPSA) is 17.1 Å². The third kappa shape index (κ3) is 6.83. The van der Waals surface area contributed by atoms with E-state index in [2.05, 4.69) is 93.5 Å². The standard InChI is InChI=1S/C28H44O/c1-19-11-20(13-22(12-19)26(2,3)4)16-25(29)17-21-14-23(27(5,6)7)18-24(15-21)28(8,9)10/h11-12,14-15,20,23H,13,16-18H2,1-10H3. The molecule has 2 unspecified atom stereocenters. The second-order valence-electron chi connectivity index (χ2n) is 12.6. The fraction of sp³-hybridized carbons (Fsp3) is 0.679. The number of hydrogen-bond acceptors (Lipinski definition) is 1. The average Bonchev–Trinajstić information content (AvgIpc) is 2.51. The normalized spacial score (nSPS) is 23.8. The minimum atomic E-state index is 0.154.